The first-order chi connectivity index (χ1) is 13.6. The maximum Gasteiger partial charge on any atom is 0.416 e. The SMILES string of the molecule is CC(=CC(=O)Nc1cccc(C(F)(F)F)c1)NNC(=O)COc1ccc(C)cc1. The summed E-state index contributed by atoms with van der Waals surface area (Å²) in [5.41, 5.74) is 5.35. The Morgan fingerprint density at radius 1 is 1.07 bits per heavy atom. The number of hydrazine groups is 1. The fraction of sp³-hybridized carbons (Fsp3) is 0.200. The fourth-order valence-electron chi connectivity index (χ4n) is 2.17. The van der Waals surface area contributed by atoms with Gasteiger partial charge in [-0.05, 0) is 44.2 Å². The van der Waals surface area contributed by atoms with Crippen molar-refractivity contribution in [2.75, 3.05) is 11.9 Å². The van der Waals surface area contributed by atoms with Crippen molar-refractivity contribution in [1.82, 2.24) is 10.9 Å². The number of rotatable bonds is 7. The van der Waals surface area contributed by atoms with Gasteiger partial charge < -0.3 is 15.5 Å². The van der Waals surface area contributed by atoms with Gasteiger partial charge in [-0.25, -0.2) is 0 Å². The van der Waals surface area contributed by atoms with Gasteiger partial charge in [0.2, 0.25) is 5.91 Å². The van der Waals surface area contributed by atoms with Crippen molar-refractivity contribution in [1.29, 1.82) is 0 Å². The number of hydrogen-bond acceptors (Lipinski definition) is 4. The second-order valence-corrected chi connectivity index (χ2v) is 6.17. The van der Waals surface area contributed by atoms with Crippen LogP contribution in [-0.2, 0) is 15.8 Å². The normalized spacial score (nSPS) is 11.6. The fourth-order valence-corrected chi connectivity index (χ4v) is 2.17. The molecule has 0 aliphatic carbocycles. The van der Waals surface area contributed by atoms with E-state index in [2.05, 4.69) is 16.2 Å². The summed E-state index contributed by atoms with van der Waals surface area (Å²) < 4.78 is 43.4. The number of amides is 2. The zero-order valence-corrected chi connectivity index (χ0v) is 15.8. The number of ether oxygens (including phenoxy) is 1. The molecule has 0 unspecified atom stereocenters. The van der Waals surface area contributed by atoms with E-state index >= 15 is 0 Å². The van der Waals surface area contributed by atoms with E-state index in [1.165, 1.54) is 19.1 Å². The first-order valence-corrected chi connectivity index (χ1v) is 8.54. The molecule has 2 aromatic carbocycles. The average molecular weight is 407 g/mol. The predicted molar refractivity (Wildman–Crippen MR) is 102 cm³/mol. The van der Waals surface area contributed by atoms with Crippen molar-refractivity contribution in [2.24, 2.45) is 0 Å². The monoisotopic (exact) mass is 407 g/mol. The van der Waals surface area contributed by atoms with Crippen molar-refractivity contribution >= 4 is 17.5 Å². The lowest BCUT2D eigenvalue weighted by Crippen LogP contribution is -2.39. The number of nitrogens with one attached hydrogen (secondary N) is 3. The molecular formula is C20H20F3N3O3. The highest BCUT2D eigenvalue weighted by molar-refractivity contribution is 5.99. The van der Waals surface area contributed by atoms with Crippen LogP contribution in [0.15, 0.2) is 60.3 Å². The molecule has 0 saturated heterocycles. The Hall–Kier alpha value is -3.49. The summed E-state index contributed by atoms with van der Waals surface area (Å²) in [5, 5.41) is 2.33. The summed E-state index contributed by atoms with van der Waals surface area (Å²) >= 11 is 0. The van der Waals surface area contributed by atoms with Gasteiger partial charge >= 0.3 is 6.18 Å². The lowest BCUT2D eigenvalue weighted by atomic mass is 10.2. The highest BCUT2D eigenvalue weighted by Gasteiger charge is 2.30. The number of hydrogen-bond donors (Lipinski definition) is 3. The van der Waals surface area contributed by atoms with Crippen LogP contribution in [0.4, 0.5) is 18.9 Å². The third kappa shape index (κ3) is 7.57. The van der Waals surface area contributed by atoms with Gasteiger partial charge in [0, 0.05) is 17.5 Å². The Bertz CT molecular complexity index is 894. The van der Waals surface area contributed by atoms with Gasteiger partial charge in [-0.1, -0.05) is 23.8 Å². The lowest BCUT2D eigenvalue weighted by molar-refractivity contribution is -0.137. The highest BCUT2D eigenvalue weighted by Crippen LogP contribution is 2.30. The van der Waals surface area contributed by atoms with Gasteiger partial charge in [0.15, 0.2) is 6.61 Å². The molecule has 0 aliphatic heterocycles. The minimum Gasteiger partial charge on any atom is -0.484 e. The molecule has 0 aromatic heterocycles. The Balaban J connectivity index is 1.80. The number of aryl methyl sites for hydroxylation is 1. The van der Waals surface area contributed by atoms with E-state index in [9.17, 15) is 22.8 Å². The quantitative estimate of drug-likeness (QED) is 0.485. The standard InChI is InChI=1S/C20H20F3N3O3/c1-13-6-8-17(9-7-13)29-12-19(28)26-25-14(2)10-18(27)24-16-5-3-4-15(11-16)20(21,22)23/h3-11,25H,12H2,1-2H3,(H,24,27)(H,26,28). The molecule has 2 aromatic rings. The molecule has 0 bridgehead atoms. The summed E-state index contributed by atoms with van der Waals surface area (Å²) in [4.78, 5) is 23.7. The van der Waals surface area contributed by atoms with Crippen molar-refractivity contribution in [2.45, 2.75) is 20.0 Å². The Labute approximate surface area is 165 Å². The van der Waals surface area contributed by atoms with E-state index in [0.717, 1.165) is 23.8 Å². The van der Waals surface area contributed by atoms with Crippen molar-refractivity contribution in [3.05, 3.63) is 71.4 Å². The van der Waals surface area contributed by atoms with E-state index in [4.69, 9.17) is 4.74 Å². The van der Waals surface area contributed by atoms with E-state index in [-0.39, 0.29) is 18.0 Å². The number of allylic oxidation sites excluding steroid dienone is 1. The molecule has 6 nitrogen and oxygen atoms in total. The van der Waals surface area contributed by atoms with Crippen LogP contribution in [0.2, 0.25) is 0 Å². The van der Waals surface area contributed by atoms with E-state index in [1.807, 2.05) is 19.1 Å². The summed E-state index contributed by atoms with van der Waals surface area (Å²) in [6.45, 7) is 3.20. The molecule has 0 atom stereocenters. The van der Waals surface area contributed by atoms with Crippen LogP contribution in [0.5, 0.6) is 5.75 Å². The van der Waals surface area contributed by atoms with Crippen LogP contribution in [0.3, 0.4) is 0 Å². The molecular weight excluding hydrogens is 387 g/mol. The first kappa shape index (κ1) is 21.8. The van der Waals surface area contributed by atoms with Crippen molar-refractivity contribution < 1.29 is 27.5 Å². The Morgan fingerprint density at radius 2 is 1.76 bits per heavy atom. The molecule has 9 heteroatoms. The largest absolute Gasteiger partial charge is 0.484 e. The van der Waals surface area contributed by atoms with E-state index in [0.29, 0.717) is 5.75 Å². The minimum atomic E-state index is -4.50. The first-order valence-electron chi connectivity index (χ1n) is 8.54. The Kier molecular flexibility index (Phi) is 7.24. The third-order valence-electron chi connectivity index (χ3n) is 3.60. The number of carbonyl (C=O) groups is 2. The van der Waals surface area contributed by atoms with Crippen LogP contribution >= 0.6 is 0 Å². The van der Waals surface area contributed by atoms with Crippen LogP contribution in [0.1, 0.15) is 18.1 Å². The minimum absolute atomic E-state index is 0.00408. The molecule has 0 spiro atoms. The highest BCUT2D eigenvalue weighted by atomic mass is 19.4. The van der Waals surface area contributed by atoms with Gasteiger partial charge in [-0.15, -0.1) is 0 Å². The zero-order chi connectivity index (χ0) is 21.4. The number of alkyl halides is 3. The third-order valence-corrected chi connectivity index (χ3v) is 3.60. The van der Waals surface area contributed by atoms with Gasteiger partial charge in [0.05, 0.1) is 5.56 Å². The molecule has 0 heterocycles. The maximum absolute atomic E-state index is 12.7. The van der Waals surface area contributed by atoms with Gasteiger partial charge in [0.25, 0.3) is 5.91 Å². The molecule has 0 aliphatic rings. The van der Waals surface area contributed by atoms with Crippen LogP contribution in [0, 0.1) is 6.92 Å². The van der Waals surface area contributed by atoms with Gasteiger partial charge in [-0.3, -0.25) is 15.0 Å². The number of halogens is 3. The molecule has 2 amide bonds. The number of carbonyl (C=O) groups excluding carboxylic acids is 2. The van der Waals surface area contributed by atoms with Crippen molar-refractivity contribution in [3.8, 4) is 5.75 Å². The summed E-state index contributed by atoms with van der Waals surface area (Å²) in [6.07, 6.45) is -3.40. The topological polar surface area (TPSA) is 79.5 Å². The molecule has 3 N–H and O–H groups in total. The Morgan fingerprint density at radius 3 is 2.41 bits per heavy atom. The average Bonchev–Trinajstić information content (AvgIpc) is 2.65. The zero-order valence-electron chi connectivity index (χ0n) is 15.8. The second kappa shape index (κ2) is 9.63. The molecule has 154 valence electrons. The molecule has 2 rings (SSSR count). The van der Waals surface area contributed by atoms with Crippen LogP contribution in [-0.4, -0.2) is 18.4 Å². The number of benzene rings is 2. The molecule has 0 saturated carbocycles. The summed E-state index contributed by atoms with van der Waals surface area (Å²) in [5.74, 6) is -0.588. The molecule has 29 heavy (non-hydrogen) atoms. The van der Waals surface area contributed by atoms with E-state index < -0.39 is 23.6 Å². The number of anilines is 1. The molecule has 0 fully saturated rings. The van der Waals surface area contributed by atoms with Crippen molar-refractivity contribution in [3.63, 3.8) is 0 Å². The van der Waals surface area contributed by atoms with Gasteiger partial charge in [-0.2, -0.15) is 13.2 Å². The van der Waals surface area contributed by atoms with Crippen LogP contribution < -0.4 is 20.9 Å². The summed E-state index contributed by atoms with van der Waals surface area (Å²) in [7, 11) is 0. The lowest BCUT2D eigenvalue weighted by Gasteiger charge is -2.11. The smallest absolute Gasteiger partial charge is 0.416 e. The predicted octanol–water partition coefficient (Wildman–Crippen LogP) is 3.56. The molecule has 0 radical (unpaired) electrons. The maximum atomic E-state index is 12.7. The van der Waals surface area contributed by atoms with Crippen LogP contribution in [0.25, 0.3) is 0 Å². The van der Waals surface area contributed by atoms with E-state index in [1.54, 1.807) is 12.1 Å². The summed E-state index contributed by atoms with van der Waals surface area (Å²) in [6, 6.07) is 11.4. The van der Waals surface area contributed by atoms with Gasteiger partial charge in [0.1, 0.15) is 5.75 Å². The second-order valence-electron chi connectivity index (χ2n) is 6.17.